The lowest BCUT2D eigenvalue weighted by atomic mass is 9.70. The molecule has 0 aliphatic heterocycles. The van der Waals surface area contributed by atoms with Crippen LogP contribution in [0.15, 0.2) is 210 Å². The van der Waals surface area contributed by atoms with Crippen LogP contribution in [0.2, 0.25) is 0 Å². The normalized spacial score (nSPS) is 13.3. The fraction of sp³-hybridized carbons (Fsp3) is 0.0169. The zero-order chi connectivity index (χ0) is 40.9. The Balaban J connectivity index is 1.05. The highest BCUT2D eigenvalue weighted by Crippen LogP contribution is 2.63. The molecule has 0 bridgehead atoms. The summed E-state index contributed by atoms with van der Waals surface area (Å²) >= 11 is 0. The van der Waals surface area contributed by atoms with Crippen molar-refractivity contribution in [3.05, 3.63) is 240 Å². The molecule has 0 N–H and O–H groups in total. The Bertz CT molecular complexity index is 3630. The SMILES string of the molecule is C=Cc1oc2c(ccc3ccccc32)c1/C=C/c1ccccc1N(c1ccc2c(c1)C1(c3ccccc3-c3ccccc31)c1ccccc1-2)c1ccc2oc3ccccc3c2c1. The van der Waals surface area contributed by atoms with Crippen LogP contribution in [0.1, 0.15) is 39.1 Å². The van der Waals surface area contributed by atoms with E-state index in [4.69, 9.17) is 8.83 Å². The van der Waals surface area contributed by atoms with Crippen LogP contribution in [-0.4, -0.2) is 0 Å². The molecule has 0 amide bonds. The topological polar surface area (TPSA) is 29.5 Å². The van der Waals surface area contributed by atoms with Crippen molar-refractivity contribution in [1.29, 1.82) is 0 Å². The molecule has 62 heavy (non-hydrogen) atoms. The van der Waals surface area contributed by atoms with Crippen LogP contribution in [-0.2, 0) is 5.41 Å². The summed E-state index contributed by atoms with van der Waals surface area (Å²) in [7, 11) is 0. The largest absolute Gasteiger partial charge is 0.456 e. The number of anilines is 3. The minimum Gasteiger partial charge on any atom is -0.456 e. The number of hydrogen-bond donors (Lipinski definition) is 0. The van der Waals surface area contributed by atoms with Crippen LogP contribution in [0.5, 0.6) is 0 Å². The molecular formula is C59H37NO2. The summed E-state index contributed by atoms with van der Waals surface area (Å²) in [4.78, 5) is 2.42. The van der Waals surface area contributed by atoms with Crippen LogP contribution < -0.4 is 4.90 Å². The molecule has 1 spiro atoms. The zero-order valence-electron chi connectivity index (χ0n) is 33.7. The second kappa shape index (κ2) is 13.2. The maximum atomic E-state index is 6.51. The molecule has 2 aliphatic carbocycles. The molecule has 0 atom stereocenters. The van der Waals surface area contributed by atoms with Crippen molar-refractivity contribution in [2.24, 2.45) is 0 Å². The average molecular weight is 792 g/mol. The molecule has 3 nitrogen and oxygen atoms in total. The fourth-order valence-electron chi connectivity index (χ4n) is 10.7. The first kappa shape index (κ1) is 34.7. The van der Waals surface area contributed by atoms with Gasteiger partial charge >= 0.3 is 0 Å². The van der Waals surface area contributed by atoms with Crippen molar-refractivity contribution < 1.29 is 8.83 Å². The molecule has 9 aromatic carbocycles. The van der Waals surface area contributed by atoms with Crippen molar-refractivity contribution in [2.75, 3.05) is 4.90 Å². The van der Waals surface area contributed by atoms with Gasteiger partial charge in [0.2, 0.25) is 0 Å². The Morgan fingerprint density at radius 3 is 1.79 bits per heavy atom. The van der Waals surface area contributed by atoms with Gasteiger partial charge in [0.15, 0.2) is 0 Å². The Morgan fingerprint density at radius 1 is 0.435 bits per heavy atom. The van der Waals surface area contributed by atoms with Gasteiger partial charge in [-0.15, -0.1) is 0 Å². The summed E-state index contributed by atoms with van der Waals surface area (Å²) in [6.45, 7) is 4.15. The monoisotopic (exact) mass is 791 g/mol. The standard InChI is InChI=1S/C59H37NO2/c1-2-55-47(48-32-27-37-15-3-5-17-41(37)58(48)62-55)31-28-38-16-4-13-25-54(38)60(39-30-34-57-49(35-39)46-21-9-14-26-56(46)61-57)40-29-33-45-44-20-8-12-24-52(44)59(53(45)36-40)50-22-10-6-18-42(50)43-19-7-11-23-51(43)59/h2-36H,1H2/b31-28+. The van der Waals surface area contributed by atoms with Crippen LogP contribution in [0.4, 0.5) is 17.1 Å². The highest BCUT2D eigenvalue weighted by Gasteiger charge is 2.51. The molecule has 11 aromatic rings. The maximum absolute atomic E-state index is 6.51. The number of para-hydroxylation sites is 2. The first-order valence-electron chi connectivity index (χ1n) is 21.2. The maximum Gasteiger partial charge on any atom is 0.143 e. The Labute approximate surface area is 358 Å². The highest BCUT2D eigenvalue weighted by atomic mass is 16.3. The van der Waals surface area contributed by atoms with Gasteiger partial charge in [-0.25, -0.2) is 0 Å². The molecule has 2 aliphatic rings. The highest BCUT2D eigenvalue weighted by molar-refractivity contribution is 6.09. The third-order valence-electron chi connectivity index (χ3n) is 13.3. The molecule has 0 saturated carbocycles. The number of rotatable bonds is 6. The third kappa shape index (κ3) is 4.76. The van der Waals surface area contributed by atoms with Gasteiger partial charge in [-0.1, -0.05) is 158 Å². The smallest absolute Gasteiger partial charge is 0.143 e. The van der Waals surface area contributed by atoms with E-state index in [0.717, 1.165) is 77.6 Å². The van der Waals surface area contributed by atoms with E-state index in [1.165, 1.54) is 44.5 Å². The fourth-order valence-corrected chi connectivity index (χ4v) is 10.7. The molecular weight excluding hydrogens is 755 g/mol. The molecule has 13 rings (SSSR count). The number of nitrogens with zero attached hydrogens (tertiary/aromatic N) is 1. The Kier molecular flexibility index (Phi) is 7.38. The molecule has 3 heteroatoms. The van der Waals surface area contributed by atoms with E-state index in [2.05, 4.69) is 206 Å². The molecule has 290 valence electrons. The predicted octanol–water partition coefficient (Wildman–Crippen LogP) is 16.1. The van der Waals surface area contributed by atoms with Crippen molar-refractivity contribution in [3.8, 4) is 22.3 Å². The quantitative estimate of drug-likeness (QED) is 0.168. The first-order valence-corrected chi connectivity index (χ1v) is 21.2. The summed E-state index contributed by atoms with van der Waals surface area (Å²) in [5.74, 6) is 0.750. The second-order valence-electron chi connectivity index (χ2n) is 16.4. The molecule has 2 heterocycles. The van der Waals surface area contributed by atoms with Gasteiger partial charge in [0.05, 0.1) is 11.1 Å². The van der Waals surface area contributed by atoms with E-state index >= 15 is 0 Å². The van der Waals surface area contributed by atoms with Crippen LogP contribution in [0.25, 0.3) is 84.2 Å². The minimum absolute atomic E-state index is 0.474. The molecule has 0 radical (unpaired) electrons. The summed E-state index contributed by atoms with van der Waals surface area (Å²) in [6, 6.07) is 70.3. The molecule has 0 fully saturated rings. The number of fused-ring (bicyclic) bond motifs is 16. The average Bonchev–Trinajstić information content (AvgIpc) is 4.06. The zero-order valence-corrected chi connectivity index (χ0v) is 33.7. The summed E-state index contributed by atoms with van der Waals surface area (Å²) < 4.78 is 12.9. The lowest BCUT2D eigenvalue weighted by Crippen LogP contribution is -2.26. The van der Waals surface area contributed by atoms with Gasteiger partial charge in [0.1, 0.15) is 22.5 Å². The van der Waals surface area contributed by atoms with Crippen molar-refractivity contribution >= 4 is 79.0 Å². The number of furan rings is 2. The van der Waals surface area contributed by atoms with Gasteiger partial charge in [-0.2, -0.15) is 0 Å². The number of benzene rings is 9. The van der Waals surface area contributed by atoms with E-state index in [9.17, 15) is 0 Å². The molecule has 2 aromatic heterocycles. The summed E-state index contributed by atoms with van der Waals surface area (Å²) in [5, 5.41) is 5.46. The van der Waals surface area contributed by atoms with Gasteiger partial charge in [0.25, 0.3) is 0 Å². The van der Waals surface area contributed by atoms with Gasteiger partial charge < -0.3 is 13.7 Å². The minimum atomic E-state index is -0.474. The summed E-state index contributed by atoms with van der Waals surface area (Å²) in [5.41, 5.74) is 17.7. The Morgan fingerprint density at radius 2 is 1.03 bits per heavy atom. The molecule has 0 unspecified atom stereocenters. The number of hydrogen-bond acceptors (Lipinski definition) is 3. The predicted molar refractivity (Wildman–Crippen MR) is 257 cm³/mol. The van der Waals surface area contributed by atoms with E-state index in [0.29, 0.717) is 0 Å². The van der Waals surface area contributed by atoms with Gasteiger partial charge in [-0.05, 0) is 116 Å². The van der Waals surface area contributed by atoms with Gasteiger partial charge in [0, 0.05) is 38.5 Å². The van der Waals surface area contributed by atoms with Gasteiger partial charge in [-0.3, -0.25) is 0 Å². The lowest BCUT2D eigenvalue weighted by Gasteiger charge is -2.32. The molecule has 0 saturated heterocycles. The van der Waals surface area contributed by atoms with E-state index < -0.39 is 5.41 Å². The van der Waals surface area contributed by atoms with E-state index in [1.807, 2.05) is 18.2 Å². The lowest BCUT2D eigenvalue weighted by molar-refractivity contribution is 0.607. The van der Waals surface area contributed by atoms with E-state index in [1.54, 1.807) is 0 Å². The summed E-state index contributed by atoms with van der Waals surface area (Å²) in [6.07, 6.45) is 6.21. The van der Waals surface area contributed by atoms with Crippen molar-refractivity contribution in [1.82, 2.24) is 0 Å². The van der Waals surface area contributed by atoms with Crippen LogP contribution >= 0.6 is 0 Å². The Hall–Kier alpha value is -8.14. The van der Waals surface area contributed by atoms with Crippen molar-refractivity contribution in [3.63, 3.8) is 0 Å². The van der Waals surface area contributed by atoms with Crippen molar-refractivity contribution in [2.45, 2.75) is 5.41 Å². The second-order valence-corrected chi connectivity index (χ2v) is 16.4. The van der Waals surface area contributed by atoms with E-state index in [-0.39, 0.29) is 0 Å². The van der Waals surface area contributed by atoms with Crippen LogP contribution in [0.3, 0.4) is 0 Å². The first-order chi connectivity index (χ1) is 30.7. The van der Waals surface area contributed by atoms with Crippen LogP contribution in [0, 0.1) is 0 Å². The third-order valence-corrected chi connectivity index (χ3v) is 13.3.